The van der Waals surface area contributed by atoms with Gasteiger partial charge < -0.3 is 5.73 Å². The van der Waals surface area contributed by atoms with Gasteiger partial charge in [-0.05, 0) is 56.0 Å². The molecule has 0 radical (unpaired) electrons. The Morgan fingerprint density at radius 1 is 1.33 bits per heavy atom. The molecule has 0 saturated carbocycles. The number of rotatable bonds is 6. The molecule has 2 N–H and O–H groups in total. The van der Waals surface area contributed by atoms with E-state index in [2.05, 4.69) is 77.4 Å². The quantitative estimate of drug-likeness (QED) is 0.821. The fourth-order valence-corrected chi connectivity index (χ4v) is 4.17. The predicted molar refractivity (Wildman–Crippen MR) is 95.9 cm³/mol. The van der Waals surface area contributed by atoms with Crippen molar-refractivity contribution in [2.75, 3.05) is 13.6 Å². The number of hydrogen-bond acceptors (Lipinski definition) is 3. The van der Waals surface area contributed by atoms with Crippen molar-refractivity contribution in [1.29, 1.82) is 0 Å². The third-order valence-electron chi connectivity index (χ3n) is 4.00. The van der Waals surface area contributed by atoms with Gasteiger partial charge in [-0.2, -0.15) is 0 Å². The molecule has 2 rings (SSSR count). The molecule has 0 amide bonds. The smallest absolute Gasteiger partial charge is 0.0481 e. The summed E-state index contributed by atoms with van der Waals surface area (Å²) in [6.45, 7) is 4.99. The zero-order valence-corrected chi connectivity index (χ0v) is 15.2. The Morgan fingerprint density at radius 3 is 2.67 bits per heavy atom. The number of nitrogens with zero attached hydrogens (tertiary/aromatic N) is 1. The number of thiophene rings is 1. The molecule has 21 heavy (non-hydrogen) atoms. The van der Waals surface area contributed by atoms with Crippen LogP contribution in [0.5, 0.6) is 0 Å². The Balaban J connectivity index is 2.15. The maximum atomic E-state index is 6.06. The highest BCUT2D eigenvalue weighted by Gasteiger charge is 2.22. The summed E-state index contributed by atoms with van der Waals surface area (Å²) in [4.78, 5) is 3.81. The molecule has 2 nitrogen and oxygen atoms in total. The fourth-order valence-electron chi connectivity index (χ4n) is 2.59. The van der Waals surface area contributed by atoms with Gasteiger partial charge in [0, 0.05) is 28.0 Å². The van der Waals surface area contributed by atoms with Crippen molar-refractivity contribution in [2.45, 2.75) is 32.4 Å². The van der Waals surface area contributed by atoms with Crippen LogP contribution in [0.15, 0.2) is 40.2 Å². The van der Waals surface area contributed by atoms with Gasteiger partial charge in [-0.15, -0.1) is 11.3 Å². The summed E-state index contributed by atoms with van der Waals surface area (Å²) in [5.74, 6) is 0. The van der Waals surface area contributed by atoms with E-state index in [1.807, 2.05) is 11.3 Å². The van der Waals surface area contributed by atoms with E-state index in [-0.39, 0.29) is 6.04 Å². The van der Waals surface area contributed by atoms with Crippen molar-refractivity contribution >= 4 is 27.3 Å². The van der Waals surface area contributed by atoms with Crippen molar-refractivity contribution in [3.63, 3.8) is 0 Å². The van der Waals surface area contributed by atoms with Crippen LogP contribution in [0.25, 0.3) is 0 Å². The minimum atomic E-state index is 0.231. The van der Waals surface area contributed by atoms with Gasteiger partial charge in [0.1, 0.15) is 0 Å². The molecular formula is C17H23BrN2S. The van der Waals surface area contributed by atoms with Crippen LogP contribution in [0.2, 0.25) is 0 Å². The first-order chi connectivity index (χ1) is 10.0. The van der Waals surface area contributed by atoms with Crippen LogP contribution in [0, 0.1) is 6.92 Å². The minimum absolute atomic E-state index is 0.231. The van der Waals surface area contributed by atoms with Gasteiger partial charge in [-0.3, -0.25) is 4.90 Å². The van der Waals surface area contributed by atoms with Gasteiger partial charge in [-0.1, -0.05) is 34.1 Å². The topological polar surface area (TPSA) is 29.3 Å². The molecule has 0 spiro atoms. The van der Waals surface area contributed by atoms with Gasteiger partial charge in [0.05, 0.1) is 0 Å². The summed E-state index contributed by atoms with van der Waals surface area (Å²) in [5, 5.41) is 2.14. The lowest BCUT2D eigenvalue weighted by Crippen LogP contribution is -2.38. The van der Waals surface area contributed by atoms with E-state index in [1.165, 1.54) is 16.0 Å². The lowest BCUT2D eigenvalue weighted by molar-refractivity contribution is 0.188. The number of aryl methyl sites for hydroxylation is 1. The Labute approximate surface area is 140 Å². The molecule has 1 aromatic carbocycles. The Bertz CT molecular complexity index is 568. The van der Waals surface area contributed by atoms with E-state index in [1.54, 1.807) is 0 Å². The van der Waals surface area contributed by atoms with E-state index in [0.29, 0.717) is 12.6 Å². The molecule has 1 heterocycles. The lowest BCUT2D eigenvalue weighted by Gasteiger charge is -2.33. The minimum Gasteiger partial charge on any atom is -0.329 e. The van der Waals surface area contributed by atoms with Crippen LogP contribution in [0.1, 0.15) is 29.0 Å². The molecule has 0 aliphatic rings. The highest BCUT2D eigenvalue weighted by Crippen LogP contribution is 2.29. The Morgan fingerprint density at radius 2 is 2.10 bits per heavy atom. The monoisotopic (exact) mass is 366 g/mol. The standard InChI is InChI=1S/C17H23BrN2S/c1-12-6-7-15(16(18)9-12)17(11-19)20(3)13(2)10-14-5-4-8-21-14/h4-9,13,17H,10-11,19H2,1-3H3. The number of benzene rings is 1. The summed E-state index contributed by atoms with van der Waals surface area (Å²) in [6, 6.07) is 11.5. The molecule has 0 aliphatic carbocycles. The average Bonchev–Trinajstić information content (AvgIpc) is 2.94. The van der Waals surface area contributed by atoms with Gasteiger partial charge in [0.2, 0.25) is 0 Å². The summed E-state index contributed by atoms with van der Waals surface area (Å²) >= 11 is 5.51. The third kappa shape index (κ3) is 4.16. The van der Waals surface area contributed by atoms with Crippen LogP contribution in [0.3, 0.4) is 0 Å². The maximum absolute atomic E-state index is 6.06. The van der Waals surface area contributed by atoms with Crippen LogP contribution in [-0.2, 0) is 6.42 Å². The third-order valence-corrected chi connectivity index (χ3v) is 5.59. The van der Waals surface area contributed by atoms with E-state index < -0.39 is 0 Å². The van der Waals surface area contributed by atoms with E-state index in [4.69, 9.17) is 5.73 Å². The predicted octanol–water partition coefficient (Wildman–Crippen LogP) is 4.38. The summed E-state index contributed by atoms with van der Waals surface area (Å²) in [5.41, 5.74) is 8.59. The lowest BCUT2D eigenvalue weighted by atomic mass is 10.0. The summed E-state index contributed by atoms with van der Waals surface area (Å²) in [7, 11) is 2.17. The second-order valence-corrected chi connectivity index (χ2v) is 7.46. The highest BCUT2D eigenvalue weighted by molar-refractivity contribution is 9.10. The van der Waals surface area contributed by atoms with Crippen LogP contribution >= 0.6 is 27.3 Å². The van der Waals surface area contributed by atoms with Crippen LogP contribution < -0.4 is 5.73 Å². The highest BCUT2D eigenvalue weighted by atomic mass is 79.9. The first-order valence-corrected chi connectivity index (χ1v) is 8.90. The molecular weight excluding hydrogens is 344 g/mol. The molecule has 2 unspecified atom stereocenters. The Hall–Kier alpha value is -0.680. The molecule has 1 aromatic heterocycles. The number of hydrogen-bond donors (Lipinski definition) is 1. The molecule has 2 aromatic rings. The van der Waals surface area contributed by atoms with E-state index >= 15 is 0 Å². The van der Waals surface area contributed by atoms with Crippen molar-refractivity contribution < 1.29 is 0 Å². The SMILES string of the molecule is Cc1ccc(C(CN)N(C)C(C)Cc2cccs2)c(Br)c1. The number of likely N-dealkylation sites (N-methyl/N-ethyl adjacent to an activating group) is 1. The first-order valence-electron chi connectivity index (χ1n) is 7.23. The molecule has 4 heteroatoms. The largest absolute Gasteiger partial charge is 0.329 e. The normalized spacial score (nSPS) is 14.4. The Kier molecular flexibility index (Phi) is 5.99. The number of nitrogens with two attached hydrogens (primary N) is 1. The van der Waals surface area contributed by atoms with Crippen LogP contribution in [-0.4, -0.2) is 24.5 Å². The van der Waals surface area contributed by atoms with E-state index in [0.717, 1.165) is 10.9 Å². The first kappa shape index (κ1) is 16.7. The molecule has 0 aliphatic heterocycles. The van der Waals surface area contributed by atoms with Crippen molar-refractivity contribution in [3.8, 4) is 0 Å². The van der Waals surface area contributed by atoms with Gasteiger partial charge in [0.15, 0.2) is 0 Å². The zero-order chi connectivity index (χ0) is 15.4. The van der Waals surface area contributed by atoms with Crippen molar-refractivity contribution in [3.05, 3.63) is 56.2 Å². The molecule has 114 valence electrons. The summed E-state index contributed by atoms with van der Waals surface area (Å²) < 4.78 is 1.15. The molecule has 2 atom stereocenters. The summed E-state index contributed by atoms with van der Waals surface area (Å²) in [6.07, 6.45) is 1.06. The van der Waals surface area contributed by atoms with Gasteiger partial charge >= 0.3 is 0 Å². The average molecular weight is 367 g/mol. The second kappa shape index (κ2) is 7.54. The second-order valence-electron chi connectivity index (χ2n) is 5.57. The molecule has 0 bridgehead atoms. The zero-order valence-electron chi connectivity index (χ0n) is 12.8. The van der Waals surface area contributed by atoms with Gasteiger partial charge in [0.25, 0.3) is 0 Å². The van der Waals surface area contributed by atoms with Crippen molar-refractivity contribution in [2.24, 2.45) is 5.73 Å². The number of halogens is 1. The van der Waals surface area contributed by atoms with E-state index in [9.17, 15) is 0 Å². The molecule has 0 fully saturated rings. The van der Waals surface area contributed by atoms with Crippen molar-refractivity contribution in [1.82, 2.24) is 4.90 Å². The fraction of sp³-hybridized carbons (Fsp3) is 0.412. The molecule has 0 saturated heterocycles. The van der Waals surface area contributed by atoms with Crippen LogP contribution in [0.4, 0.5) is 0 Å². The van der Waals surface area contributed by atoms with Gasteiger partial charge in [-0.25, -0.2) is 0 Å². The maximum Gasteiger partial charge on any atom is 0.0481 e.